The highest BCUT2D eigenvalue weighted by molar-refractivity contribution is 5.79. The van der Waals surface area contributed by atoms with Gasteiger partial charge in [0.25, 0.3) is 0 Å². The van der Waals surface area contributed by atoms with E-state index in [2.05, 4.69) is 27.4 Å². The molecule has 6 nitrogen and oxygen atoms in total. The van der Waals surface area contributed by atoms with E-state index in [0.717, 1.165) is 45.4 Å². The Morgan fingerprint density at radius 2 is 1.85 bits per heavy atom. The molecule has 2 atom stereocenters. The van der Waals surface area contributed by atoms with Gasteiger partial charge in [0.1, 0.15) is 17.7 Å². The molecular weight excluding hydrogens is 335 g/mol. The molecule has 0 amide bonds. The predicted molar refractivity (Wildman–Crippen MR) is 102 cm³/mol. The third-order valence-corrected chi connectivity index (χ3v) is 4.22. The molecule has 1 fully saturated rings. The number of guanidine groups is 1. The molecule has 2 rings (SSSR count). The summed E-state index contributed by atoms with van der Waals surface area (Å²) in [4.78, 5) is 6.69. The van der Waals surface area contributed by atoms with Crippen LogP contribution in [-0.4, -0.2) is 69.9 Å². The number of benzene rings is 1. The van der Waals surface area contributed by atoms with E-state index in [1.807, 2.05) is 6.92 Å². The van der Waals surface area contributed by atoms with Gasteiger partial charge in [-0.3, -0.25) is 9.89 Å². The number of halogens is 1. The quantitative estimate of drug-likeness (QED) is 0.542. The largest absolute Gasteiger partial charge is 0.489 e. The summed E-state index contributed by atoms with van der Waals surface area (Å²) in [6.07, 6.45) is -0.0650. The van der Waals surface area contributed by atoms with E-state index in [9.17, 15) is 4.39 Å². The van der Waals surface area contributed by atoms with Crippen molar-refractivity contribution in [1.29, 1.82) is 0 Å². The molecule has 1 heterocycles. The van der Waals surface area contributed by atoms with Crippen LogP contribution in [0.2, 0.25) is 0 Å². The van der Waals surface area contributed by atoms with Crippen LogP contribution in [0.1, 0.15) is 13.8 Å². The zero-order chi connectivity index (χ0) is 18.8. The Balaban J connectivity index is 1.65. The second kappa shape index (κ2) is 11.0. The molecule has 0 aliphatic carbocycles. The lowest BCUT2D eigenvalue weighted by molar-refractivity contribution is 0.0320. The Morgan fingerprint density at radius 1 is 1.19 bits per heavy atom. The van der Waals surface area contributed by atoms with Crippen LogP contribution < -0.4 is 15.4 Å². The highest BCUT2D eigenvalue weighted by Gasteiger charge is 2.14. The average Bonchev–Trinajstić information content (AvgIpc) is 2.64. The van der Waals surface area contributed by atoms with Crippen molar-refractivity contribution >= 4 is 5.96 Å². The minimum Gasteiger partial charge on any atom is -0.489 e. The van der Waals surface area contributed by atoms with E-state index < -0.39 is 0 Å². The summed E-state index contributed by atoms with van der Waals surface area (Å²) in [5.41, 5.74) is 0. The van der Waals surface area contributed by atoms with E-state index in [1.54, 1.807) is 19.2 Å². The van der Waals surface area contributed by atoms with Crippen molar-refractivity contribution in [2.75, 3.05) is 53.0 Å². The summed E-state index contributed by atoms with van der Waals surface area (Å²) in [5.74, 6) is 1.66. The molecule has 26 heavy (non-hydrogen) atoms. The van der Waals surface area contributed by atoms with Crippen LogP contribution in [0.4, 0.5) is 4.39 Å². The topological polar surface area (TPSA) is 58.1 Å². The van der Waals surface area contributed by atoms with Crippen LogP contribution in [-0.2, 0) is 4.74 Å². The Morgan fingerprint density at radius 3 is 2.50 bits per heavy atom. The number of nitrogens with zero attached hydrogens (tertiary/aromatic N) is 2. The van der Waals surface area contributed by atoms with Gasteiger partial charge in [0.05, 0.1) is 19.8 Å². The van der Waals surface area contributed by atoms with Gasteiger partial charge in [0.2, 0.25) is 0 Å². The molecule has 0 saturated carbocycles. The first kappa shape index (κ1) is 20.5. The summed E-state index contributed by atoms with van der Waals surface area (Å²) in [5, 5.41) is 6.63. The zero-order valence-electron chi connectivity index (χ0n) is 16.0. The third-order valence-electron chi connectivity index (χ3n) is 4.22. The number of hydrogen-bond acceptors (Lipinski definition) is 4. The third kappa shape index (κ3) is 7.58. The Kier molecular flexibility index (Phi) is 8.64. The van der Waals surface area contributed by atoms with Crippen molar-refractivity contribution in [1.82, 2.24) is 15.5 Å². The summed E-state index contributed by atoms with van der Waals surface area (Å²) < 4.78 is 24.1. The second-order valence-electron chi connectivity index (χ2n) is 6.73. The minimum absolute atomic E-state index is 0.0650. The van der Waals surface area contributed by atoms with Crippen LogP contribution in [0, 0.1) is 11.7 Å². The number of hydrogen-bond donors (Lipinski definition) is 2. The number of morpholine rings is 1. The molecule has 2 unspecified atom stereocenters. The second-order valence-corrected chi connectivity index (χ2v) is 6.73. The monoisotopic (exact) mass is 366 g/mol. The minimum atomic E-state index is -0.265. The molecule has 0 aromatic heterocycles. The molecule has 1 aliphatic rings. The molecule has 7 heteroatoms. The van der Waals surface area contributed by atoms with Crippen molar-refractivity contribution in [2.45, 2.75) is 20.0 Å². The summed E-state index contributed by atoms with van der Waals surface area (Å²) >= 11 is 0. The fourth-order valence-corrected chi connectivity index (χ4v) is 2.81. The lowest BCUT2D eigenvalue weighted by atomic mass is 10.1. The Hall–Kier alpha value is -1.86. The van der Waals surface area contributed by atoms with Crippen molar-refractivity contribution in [3.05, 3.63) is 30.1 Å². The van der Waals surface area contributed by atoms with Crippen LogP contribution in [0.25, 0.3) is 0 Å². The van der Waals surface area contributed by atoms with Crippen molar-refractivity contribution in [2.24, 2.45) is 10.9 Å². The first-order chi connectivity index (χ1) is 12.6. The summed E-state index contributed by atoms with van der Waals surface area (Å²) in [6, 6.07) is 6.05. The van der Waals surface area contributed by atoms with Crippen molar-refractivity contribution in [3.63, 3.8) is 0 Å². The van der Waals surface area contributed by atoms with Gasteiger partial charge in [-0.05, 0) is 37.1 Å². The van der Waals surface area contributed by atoms with Gasteiger partial charge >= 0.3 is 0 Å². The number of nitrogens with one attached hydrogen (secondary N) is 2. The molecule has 0 bridgehead atoms. The molecule has 1 aliphatic heterocycles. The van der Waals surface area contributed by atoms with Gasteiger partial charge in [-0.15, -0.1) is 0 Å². The fourth-order valence-electron chi connectivity index (χ4n) is 2.81. The van der Waals surface area contributed by atoms with Crippen molar-refractivity contribution in [3.8, 4) is 5.75 Å². The van der Waals surface area contributed by atoms with Gasteiger partial charge in [0, 0.05) is 33.2 Å². The smallest absolute Gasteiger partial charge is 0.191 e. The number of aliphatic imine (C=N–C) groups is 1. The Labute approximate surface area is 155 Å². The van der Waals surface area contributed by atoms with Gasteiger partial charge < -0.3 is 20.1 Å². The lowest BCUT2D eigenvalue weighted by Gasteiger charge is -2.29. The van der Waals surface area contributed by atoms with Crippen LogP contribution in [0.3, 0.4) is 0 Å². The van der Waals surface area contributed by atoms with E-state index in [4.69, 9.17) is 9.47 Å². The maximum Gasteiger partial charge on any atom is 0.191 e. The van der Waals surface area contributed by atoms with Crippen LogP contribution in [0.5, 0.6) is 5.75 Å². The van der Waals surface area contributed by atoms with Gasteiger partial charge in [-0.2, -0.15) is 0 Å². The average molecular weight is 366 g/mol. The summed E-state index contributed by atoms with van der Waals surface area (Å²) in [7, 11) is 1.76. The van der Waals surface area contributed by atoms with Gasteiger partial charge in [-0.1, -0.05) is 6.92 Å². The maximum atomic E-state index is 12.9. The maximum absolute atomic E-state index is 12.9. The normalized spacial score (nSPS) is 18.2. The fraction of sp³-hybridized carbons (Fsp3) is 0.632. The highest BCUT2D eigenvalue weighted by atomic mass is 19.1. The first-order valence-corrected chi connectivity index (χ1v) is 9.23. The first-order valence-electron chi connectivity index (χ1n) is 9.23. The van der Waals surface area contributed by atoms with E-state index in [-0.39, 0.29) is 11.9 Å². The van der Waals surface area contributed by atoms with E-state index in [1.165, 1.54) is 12.1 Å². The molecule has 0 radical (unpaired) electrons. The van der Waals surface area contributed by atoms with Crippen LogP contribution >= 0.6 is 0 Å². The summed E-state index contributed by atoms with van der Waals surface area (Å²) in [6.45, 7) is 10.4. The van der Waals surface area contributed by atoms with Gasteiger partial charge in [-0.25, -0.2) is 4.39 Å². The molecule has 2 N–H and O–H groups in total. The molecule has 1 saturated heterocycles. The zero-order valence-corrected chi connectivity index (χ0v) is 16.0. The molecule has 1 aromatic carbocycles. The number of ether oxygens (including phenoxy) is 2. The lowest BCUT2D eigenvalue weighted by Crippen LogP contribution is -2.45. The van der Waals surface area contributed by atoms with E-state index in [0.29, 0.717) is 18.2 Å². The van der Waals surface area contributed by atoms with Crippen molar-refractivity contribution < 1.29 is 13.9 Å². The predicted octanol–water partition coefficient (Wildman–Crippen LogP) is 1.73. The molecule has 146 valence electrons. The highest BCUT2D eigenvalue weighted by Crippen LogP contribution is 2.12. The molecule has 1 aromatic rings. The van der Waals surface area contributed by atoms with E-state index >= 15 is 0 Å². The molecule has 0 spiro atoms. The Bertz CT molecular complexity index is 547. The van der Waals surface area contributed by atoms with Crippen LogP contribution in [0.15, 0.2) is 29.3 Å². The number of rotatable bonds is 8. The molecular formula is C19H31FN4O2. The standard InChI is InChI=1S/C19H31FN4O2/c1-15(14-24-8-10-25-11-9-24)12-22-19(21-3)23-13-16(2)26-18-6-4-17(20)5-7-18/h4-7,15-16H,8-14H2,1-3H3,(H2,21,22,23). The van der Waals surface area contributed by atoms with Gasteiger partial charge in [0.15, 0.2) is 5.96 Å². The SMILES string of the molecule is CN=C(NCC(C)CN1CCOCC1)NCC(C)Oc1ccc(F)cc1.